The lowest BCUT2D eigenvalue weighted by atomic mass is 10.1. The predicted molar refractivity (Wildman–Crippen MR) is 116 cm³/mol. The molecule has 0 saturated heterocycles. The SMILES string of the molecule is Cc1cc2nc(-c3ccc(CNC(=O)c4ccc(C)c(Cl)c4)cc3)oc2cc1C. The van der Waals surface area contributed by atoms with Crippen LogP contribution in [-0.2, 0) is 6.54 Å². The molecular weight excluding hydrogens is 384 g/mol. The molecule has 146 valence electrons. The first-order valence-electron chi connectivity index (χ1n) is 9.42. The predicted octanol–water partition coefficient (Wildman–Crippen LogP) is 6.00. The molecule has 0 aliphatic rings. The first kappa shape index (κ1) is 19.2. The zero-order valence-corrected chi connectivity index (χ0v) is 17.3. The van der Waals surface area contributed by atoms with Gasteiger partial charge in [-0.3, -0.25) is 4.79 Å². The number of aromatic nitrogens is 1. The van der Waals surface area contributed by atoms with Gasteiger partial charge in [-0.25, -0.2) is 4.98 Å². The molecule has 0 atom stereocenters. The van der Waals surface area contributed by atoms with Crippen LogP contribution < -0.4 is 5.32 Å². The van der Waals surface area contributed by atoms with Gasteiger partial charge >= 0.3 is 0 Å². The van der Waals surface area contributed by atoms with Gasteiger partial charge in [0.15, 0.2) is 5.58 Å². The van der Waals surface area contributed by atoms with Crippen molar-refractivity contribution in [2.45, 2.75) is 27.3 Å². The van der Waals surface area contributed by atoms with Crippen LogP contribution in [-0.4, -0.2) is 10.9 Å². The summed E-state index contributed by atoms with van der Waals surface area (Å²) in [6.07, 6.45) is 0. The van der Waals surface area contributed by atoms with Crippen LogP contribution in [0.25, 0.3) is 22.6 Å². The number of hydrogen-bond acceptors (Lipinski definition) is 3. The van der Waals surface area contributed by atoms with Crippen LogP contribution in [0.3, 0.4) is 0 Å². The second-order valence-corrected chi connectivity index (χ2v) is 7.67. The van der Waals surface area contributed by atoms with Gasteiger partial charge in [-0.1, -0.05) is 29.8 Å². The van der Waals surface area contributed by atoms with Gasteiger partial charge in [0.1, 0.15) is 5.52 Å². The highest BCUT2D eigenvalue weighted by molar-refractivity contribution is 6.31. The van der Waals surface area contributed by atoms with Crippen LogP contribution in [0, 0.1) is 20.8 Å². The maximum atomic E-state index is 12.3. The average Bonchev–Trinajstić information content (AvgIpc) is 3.11. The molecule has 0 fully saturated rings. The Hall–Kier alpha value is -3.11. The summed E-state index contributed by atoms with van der Waals surface area (Å²) < 4.78 is 5.91. The van der Waals surface area contributed by atoms with E-state index in [-0.39, 0.29) is 5.91 Å². The van der Waals surface area contributed by atoms with E-state index in [2.05, 4.69) is 24.1 Å². The van der Waals surface area contributed by atoms with Gasteiger partial charge < -0.3 is 9.73 Å². The summed E-state index contributed by atoms with van der Waals surface area (Å²) in [6.45, 7) is 6.46. The Kier molecular flexibility index (Phi) is 5.12. The van der Waals surface area contributed by atoms with Gasteiger partial charge in [-0.05, 0) is 79.4 Å². The van der Waals surface area contributed by atoms with Gasteiger partial charge in [-0.2, -0.15) is 0 Å². The molecule has 1 amide bonds. The summed E-state index contributed by atoms with van der Waals surface area (Å²) in [7, 11) is 0. The molecule has 0 radical (unpaired) electrons. The maximum Gasteiger partial charge on any atom is 0.251 e. The molecule has 1 aromatic heterocycles. The summed E-state index contributed by atoms with van der Waals surface area (Å²) in [5.41, 5.74) is 7.41. The number of fused-ring (bicyclic) bond motifs is 1. The lowest BCUT2D eigenvalue weighted by Gasteiger charge is -2.07. The molecular formula is C24H21ClN2O2. The molecule has 4 aromatic rings. The van der Waals surface area contributed by atoms with Crippen LogP contribution >= 0.6 is 11.6 Å². The number of hydrogen-bond donors (Lipinski definition) is 1. The molecule has 5 heteroatoms. The summed E-state index contributed by atoms with van der Waals surface area (Å²) in [5, 5.41) is 3.51. The summed E-state index contributed by atoms with van der Waals surface area (Å²) in [6, 6.07) is 17.2. The third kappa shape index (κ3) is 4.03. The van der Waals surface area contributed by atoms with E-state index in [0.29, 0.717) is 23.0 Å². The van der Waals surface area contributed by atoms with Crippen LogP contribution in [0.2, 0.25) is 5.02 Å². The highest BCUT2D eigenvalue weighted by atomic mass is 35.5. The number of carbonyl (C=O) groups is 1. The Morgan fingerprint density at radius 2 is 1.69 bits per heavy atom. The quantitative estimate of drug-likeness (QED) is 0.453. The highest BCUT2D eigenvalue weighted by Gasteiger charge is 2.11. The van der Waals surface area contributed by atoms with Crippen molar-refractivity contribution in [3.63, 3.8) is 0 Å². The Morgan fingerprint density at radius 3 is 2.41 bits per heavy atom. The molecule has 1 heterocycles. The van der Waals surface area contributed by atoms with E-state index in [4.69, 9.17) is 16.0 Å². The monoisotopic (exact) mass is 404 g/mol. The molecule has 4 rings (SSSR count). The number of halogens is 1. The van der Waals surface area contributed by atoms with Crippen molar-refractivity contribution in [2.75, 3.05) is 0 Å². The highest BCUT2D eigenvalue weighted by Crippen LogP contribution is 2.26. The lowest BCUT2D eigenvalue weighted by molar-refractivity contribution is 0.0951. The normalized spacial score (nSPS) is 11.0. The second-order valence-electron chi connectivity index (χ2n) is 7.27. The van der Waals surface area contributed by atoms with Gasteiger partial charge in [0.25, 0.3) is 5.91 Å². The molecule has 3 aromatic carbocycles. The number of aryl methyl sites for hydroxylation is 3. The van der Waals surface area contributed by atoms with E-state index in [1.807, 2.05) is 49.4 Å². The fourth-order valence-electron chi connectivity index (χ4n) is 3.09. The molecule has 0 aliphatic heterocycles. The summed E-state index contributed by atoms with van der Waals surface area (Å²) >= 11 is 6.10. The molecule has 0 aliphatic carbocycles. The maximum absolute atomic E-state index is 12.3. The first-order valence-corrected chi connectivity index (χ1v) is 9.80. The molecule has 0 unspecified atom stereocenters. The zero-order chi connectivity index (χ0) is 20.5. The average molecular weight is 405 g/mol. The number of oxazole rings is 1. The minimum atomic E-state index is -0.152. The Labute approximate surface area is 174 Å². The minimum absolute atomic E-state index is 0.152. The van der Waals surface area contributed by atoms with Gasteiger partial charge in [-0.15, -0.1) is 0 Å². The van der Waals surface area contributed by atoms with E-state index >= 15 is 0 Å². The van der Waals surface area contributed by atoms with Crippen LogP contribution in [0.15, 0.2) is 59.0 Å². The lowest BCUT2D eigenvalue weighted by Crippen LogP contribution is -2.22. The van der Waals surface area contributed by atoms with Crippen molar-refractivity contribution in [1.82, 2.24) is 10.3 Å². The van der Waals surface area contributed by atoms with Crippen molar-refractivity contribution in [3.8, 4) is 11.5 Å². The van der Waals surface area contributed by atoms with Gasteiger partial charge in [0.2, 0.25) is 5.89 Å². The van der Waals surface area contributed by atoms with Gasteiger partial charge in [0.05, 0.1) is 0 Å². The van der Waals surface area contributed by atoms with E-state index in [1.165, 1.54) is 11.1 Å². The standard InChI is InChI=1S/C24H21ClN2O2/c1-14-4-7-19(12-20(14)25)23(28)26-13-17-5-8-18(9-6-17)24-27-21-10-15(2)16(3)11-22(21)29-24/h4-12H,13H2,1-3H3,(H,26,28). The third-order valence-corrected chi connectivity index (χ3v) is 5.50. The van der Waals surface area contributed by atoms with Crippen molar-refractivity contribution in [1.29, 1.82) is 0 Å². The van der Waals surface area contributed by atoms with E-state index < -0.39 is 0 Å². The summed E-state index contributed by atoms with van der Waals surface area (Å²) in [4.78, 5) is 16.9. The largest absolute Gasteiger partial charge is 0.436 e. The Bertz CT molecular complexity index is 1170. The molecule has 0 bridgehead atoms. The number of rotatable bonds is 4. The molecule has 0 spiro atoms. The van der Waals surface area contributed by atoms with Gasteiger partial charge in [0, 0.05) is 22.7 Å². The van der Waals surface area contributed by atoms with Crippen molar-refractivity contribution >= 4 is 28.6 Å². The van der Waals surface area contributed by atoms with E-state index in [1.54, 1.807) is 12.1 Å². The van der Waals surface area contributed by atoms with Crippen LogP contribution in [0.4, 0.5) is 0 Å². The van der Waals surface area contributed by atoms with Crippen LogP contribution in [0.5, 0.6) is 0 Å². The second kappa shape index (κ2) is 7.72. The third-order valence-electron chi connectivity index (χ3n) is 5.09. The minimum Gasteiger partial charge on any atom is -0.436 e. The van der Waals surface area contributed by atoms with Crippen LogP contribution in [0.1, 0.15) is 32.6 Å². The number of benzene rings is 3. The van der Waals surface area contributed by atoms with Crippen molar-refractivity contribution in [2.24, 2.45) is 0 Å². The smallest absolute Gasteiger partial charge is 0.251 e. The number of carbonyl (C=O) groups excluding carboxylic acids is 1. The molecule has 1 N–H and O–H groups in total. The van der Waals surface area contributed by atoms with Crippen molar-refractivity contribution in [3.05, 3.63) is 87.4 Å². The fourth-order valence-corrected chi connectivity index (χ4v) is 3.27. The molecule has 4 nitrogen and oxygen atoms in total. The Morgan fingerprint density at radius 1 is 0.966 bits per heavy atom. The molecule has 29 heavy (non-hydrogen) atoms. The first-order chi connectivity index (χ1) is 13.9. The number of nitrogens with zero attached hydrogens (tertiary/aromatic N) is 1. The number of nitrogens with one attached hydrogen (secondary N) is 1. The Balaban J connectivity index is 1.46. The zero-order valence-electron chi connectivity index (χ0n) is 16.5. The topological polar surface area (TPSA) is 55.1 Å². The summed E-state index contributed by atoms with van der Waals surface area (Å²) in [5.74, 6) is 0.440. The van der Waals surface area contributed by atoms with E-state index in [9.17, 15) is 4.79 Å². The fraction of sp³-hybridized carbons (Fsp3) is 0.167. The van der Waals surface area contributed by atoms with E-state index in [0.717, 1.165) is 27.8 Å². The van der Waals surface area contributed by atoms with Crippen molar-refractivity contribution < 1.29 is 9.21 Å². The molecule has 0 saturated carbocycles. The number of amides is 1.